The van der Waals surface area contributed by atoms with Gasteiger partial charge in [-0.25, -0.2) is 0 Å². The maximum absolute atomic E-state index is 5.58. The van der Waals surface area contributed by atoms with Gasteiger partial charge in [0.1, 0.15) is 12.4 Å². The standard InChI is InChI=1S/C11H18N2O2/c1-3-14-4-5-15-11-6-9(2)13-8-10(11)7-12/h6,8H,3-5,7,12H2,1-2H3. The molecule has 4 nitrogen and oxygen atoms in total. The van der Waals surface area contributed by atoms with Crippen molar-refractivity contribution < 1.29 is 9.47 Å². The highest BCUT2D eigenvalue weighted by Crippen LogP contribution is 2.17. The first kappa shape index (κ1) is 11.9. The van der Waals surface area contributed by atoms with Crippen LogP contribution < -0.4 is 10.5 Å². The molecule has 0 aromatic carbocycles. The Bertz CT molecular complexity index is 303. The van der Waals surface area contributed by atoms with E-state index in [4.69, 9.17) is 15.2 Å². The van der Waals surface area contributed by atoms with Crippen molar-refractivity contribution in [3.05, 3.63) is 23.5 Å². The minimum absolute atomic E-state index is 0.442. The van der Waals surface area contributed by atoms with Gasteiger partial charge in [-0.05, 0) is 13.8 Å². The van der Waals surface area contributed by atoms with Crippen LogP contribution in [0.2, 0.25) is 0 Å². The summed E-state index contributed by atoms with van der Waals surface area (Å²) in [6.07, 6.45) is 1.76. The van der Waals surface area contributed by atoms with E-state index in [1.807, 2.05) is 19.9 Å². The number of rotatable bonds is 6. The lowest BCUT2D eigenvalue weighted by Gasteiger charge is -2.10. The zero-order valence-corrected chi connectivity index (χ0v) is 9.32. The second-order valence-electron chi connectivity index (χ2n) is 3.18. The Balaban J connectivity index is 2.54. The molecule has 1 aromatic heterocycles. The fraction of sp³-hybridized carbons (Fsp3) is 0.545. The quantitative estimate of drug-likeness (QED) is 0.718. The van der Waals surface area contributed by atoms with Crippen LogP contribution in [-0.4, -0.2) is 24.8 Å². The second kappa shape index (κ2) is 6.37. The van der Waals surface area contributed by atoms with Crippen molar-refractivity contribution in [2.75, 3.05) is 19.8 Å². The summed E-state index contributed by atoms with van der Waals surface area (Å²) in [5, 5.41) is 0. The van der Waals surface area contributed by atoms with Crippen LogP contribution in [0.4, 0.5) is 0 Å². The summed E-state index contributed by atoms with van der Waals surface area (Å²) in [6.45, 7) is 6.18. The van der Waals surface area contributed by atoms with Crippen molar-refractivity contribution in [3.63, 3.8) is 0 Å². The highest BCUT2D eigenvalue weighted by atomic mass is 16.5. The first-order valence-electron chi connectivity index (χ1n) is 5.14. The van der Waals surface area contributed by atoms with Crippen LogP contribution in [0.15, 0.2) is 12.3 Å². The van der Waals surface area contributed by atoms with Gasteiger partial charge in [0, 0.05) is 36.7 Å². The average molecular weight is 210 g/mol. The monoisotopic (exact) mass is 210 g/mol. The fourth-order valence-corrected chi connectivity index (χ4v) is 1.21. The number of hydrogen-bond donors (Lipinski definition) is 1. The molecule has 0 bridgehead atoms. The van der Waals surface area contributed by atoms with Gasteiger partial charge in [-0.1, -0.05) is 0 Å². The van der Waals surface area contributed by atoms with E-state index in [9.17, 15) is 0 Å². The molecule has 0 saturated heterocycles. The molecule has 0 aliphatic heterocycles. The summed E-state index contributed by atoms with van der Waals surface area (Å²) in [6, 6.07) is 1.90. The van der Waals surface area contributed by atoms with Crippen LogP contribution >= 0.6 is 0 Å². The Morgan fingerprint density at radius 2 is 2.20 bits per heavy atom. The summed E-state index contributed by atoms with van der Waals surface area (Å²) < 4.78 is 10.8. The lowest BCUT2D eigenvalue weighted by atomic mass is 10.2. The Kier molecular flexibility index (Phi) is 5.07. The first-order valence-corrected chi connectivity index (χ1v) is 5.14. The molecule has 84 valence electrons. The van der Waals surface area contributed by atoms with Crippen molar-refractivity contribution in [1.29, 1.82) is 0 Å². The molecule has 1 aromatic rings. The van der Waals surface area contributed by atoms with E-state index in [2.05, 4.69) is 4.98 Å². The van der Waals surface area contributed by atoms with Crippen molar-refractivity contribution in [3.8, 4) is 5.75 Å². The molecule has 0 atom stereocenters. The molecule has 2 N–H and O–H groups in total. The topological polar surface area (TPSA) is 57.4 Å². The first-order chi connectivity index (χ1) is 7.27. The minimum Gasteiger partial charge on any atom is -0.491 e. The summed E-state index contributed by atoms with van der Waals surface area (Å²) in [4.78, 5) is 4.16. The maximum Gasteiger partial charge on any atom is 0.127 e. The van der Waals surface area contributed by atoms with Gasteiger partial charge in [-0.2, -0.15) is 0 Å². The highest BCUT2D eigenvalue weighted by Gasteiger charge is 2.03. The summed E-state index contributed by atoms with van der Waals surface area (Å²) in [7, 11) is 0. The summed E-state index contributed by atoms with van der Waals surface area (Å²) in [5.74, 6) is 0.810. The van der Waals surface area contributed by atoms with Gasteiger partial charge in [0.2, 0.25) is 0 Å². The normalized spacial score (nSPS) is 10.3. The van der Waals surface area contributed by atoms with Gasteiger partial charge in [-0.15, -0.1) is 0 Å². The van der Waals surface area contributed by atoms with Gasteiger partial charge in [0.15, 0.2) is 0 Å². The number of ether oxygens (including phenoxy) is 2. The largest absolute Gasteiger partial charge is 0.491 e. The van der Waals surface area contributed by atoms with Gasteiger partial charge < -0.3 is 15.2 Å². The van der Waals surface area contributed by atoms with E-state index in [1.54, 1.807) is 6.20 Å². The second-order valence-corrected chi connectivity index (χ2v) is 3.18. The lowest BCUT2D eigenvalue weighted by Crippen LogP contribution is -2.09. The molecule has 0 fully saturated rings. The van der Waals surface area contributed by atoms with E-state index in [0.29, 0.717) is 26.4 Å². The Labute approximate surface area is 90.4 Å². The number of nitrogens with two attached hydrogens (primary N) is 1. The molecule has 1 rings (SSSR count). The molecular formula is C11H18N2O2. The molecule has 15 heavy (non-hydrogen) atoms. The fourth-order valence-electron chi connectivity index (χ4n) is 1.21. The van der Waals surface area contributed by atoms with Crippen molar-refractivity contribution >= 4 is 0 Å². The third-order valence-electron chi connectivity index (χ3n) is 1.99. The van der Waals surface area contributed by atoms with Crippen LogP contribution in [-0.2, 0) is 11.3 Å². The lowest BCUT2D eigenvalue weighted by molar-refractivity contribution is 0.110. The van der Waals surface area contributed by atoms with Crippen molar-refractivity contribution in [1.82, 2.24) is 4.98 Å². The summed E-state index contributed by atoms with van der Waals surface area (Å²) in [5.41, 5.74) is 7.44. The number of aryl methyl sites for hydroxylation is 1. The number of nitrogens with zero attached hydrogens (tertiary/aromatic N) is 1. The van der Waals surface area contributed by atoms with E-state index in [1.165, 1.54) is 0 Å². The van der Waals surface area contributed by atoms with Crippen LogP contribution in [0.3, 0.4) is 0 Å². The van der Waals surface area contributed by atoms with Crippen LogP contribution in [0.1, 0.15) is 18.2 Å². The molecule has 0 aliphatic rings. The van der Waals surface area contributed by atoms with Crippen molar-refractivity contribution in [2.24, 2.45) is 5.73 Å². The van der Waals surface area contributed by atoms with E-state index < -0.39 is 0 Å². The molecular weight excluding hydrogens is 192 g/mol. The number of hydrogen-bond acceptors (Lipinski definition) is 4. The molecule has 0 unspecified atom stereocenters. The highest BCUT2D eigenvalue weighted by molar-refractivity contribution is 5.32. The van der Waals surface area contributed by atoms with Crippen LogP contribution in [0, 0.1) is 6.92 Å². The predicted octanol–water partition coefficient (Wildman–Crippen LogP) is 1.26. The SMILES string of the molecule is CCOCCOc1cc(C)ncc1CN. The third-order valence-corrected chi connectivity index (χ3v) is 1.99. The van der Waals surface area contributed by atoms with Gasteiger partial charge in [0.05, 0.1) is 6.61 Å². The molecule has 4 heteroatoms. The molecule has 0 radical (unpaired) electrons. The smallest absolute Gasteiger partial charge is 0.127 e. The molecule has 1 heterocycles. The van der Waals surface area contributed by atoms with Gasteiger partial charge >= 0.3 is 0 Å². The molecule has 0 spiro atoms. The molecule has 0 saturated carbocycles. The van der Waals surface area contributed by atoms with E-state index in [0.717, 1.165) is 17.0 Å². The Morgan fingerprint density at radius 1 is 1.40 bits per heavy atom. The minimum atomic E-state index is 0.442. The van der Waals surface area contributed by atoms with Gasteiger partial charge in [-0.3, -0.25) is 4.98 Å². The Hall–Kier alpha value is -1.13. The van der Waals surface area contributed by atoms with Crippen LogP contribution in [0.5, 0.6) is 5.75 Å². The van der Waals surface area contributed by atoms with E-state index >= 15 is 0 Å². The average Bonchev–Trinajstić information content (AvgIpc) is 2.25. The molecule has 0 aliphatic carbocycles. The van der Waals surface area contributed by atoms with E-state index in [-0.39, 0.29) is 0 Å². The molecule has 0 amide bonds. The number of aromatic nitrogens is 1. The zero-order chi connectivity index (χ0) is 11.1. The maximum atomic E-state index is 5.58. The number of pyridine rings is 1. The predicted molar refractivity (Wildman–Crippen MR) is 58.9 cm³/mol. The third kappa shape index (κ3) is 3.85. The van der Waals surface area contributed by atoms with Gasteiger partial charge in [0.25, 0.3) is 0 Å². The Morgan fingerprint density at radius 3 is 2.87 bits per heavy atom. The summed E-state index contributed by atoms with van der Waals surface area (Å²) >= 11 is 0. The zero-order valence-electron chi connectivity index (χ0n) is 9.32. The van der Waals surface area contributed by atoms with Crippen LogP contribution in [0.25, 0.3) is 0 Å². The van der Waals surface area contributed by atoms with Crippen molar-refractivity contribution in [2.45, 2.75) is 20.4 Å².